The third kappa shape index (κ3) is 6.94. The first kappa shape index (κ1) is 29.4. The Balaban J connectivity index is 1.56. The minimum absolute atomic E-state index is 0.0386. The van der Waals surface area contributed by atoms with Crippen LogP contribution in [0.25, 0.3) is 0 Å². The molecule has 0 aliphatic carbocycles. The maximum atomic E-state index is 13.7. The van der Waals surface area contributed by atoms with Gasteiger partial charge in [0.2, 0.25) is 5.91 Å². The van der Waals surface area contributed by atoms with E-state index >= 15 is 0 Å². The van der Waals surface area contributed by atoms with Gasteiger partial charge in [0.25, 0.3) is 20.0 Å². The molecule has 0 fully saturated rings. The van der Waals surface area contributed by atoms with Gasteiger partial charge in [-0.05, 0) is 72.8 Å². The van der Waals surface area contributed by atoms with Crippen molar-refractivity contribution >= 4 is 43.0 Å². The summed E-state index contributed by atoms with van der Waals surface area (Å²) >= 11 is 0. The van der Waals surface area contributed by atoms with Crippen LogP contribution in [-0.2, 0) is 24.8 Å². The molecule has 0 unspecified atom stereocenters. The van der Waals surface area contributed by atoms with Crippen molar-refractivity contribution in [2.45, 2.75) is 9.79 Å². The highest BCUT2D eigenvalue weighted by atomic mass is 32.2. The van der Waals surface area contributed by atoms with Crippen LogP contribution in [0.15, 0.2) is 107 Å². The quantitative estimate of drug-likeness (QED) is 0.260. The van der Waals surface area contributed by atoms with Crippen LogP contribution in [0, 0.1) is 5.82 Å². The molecule has 0 saturated heterocycles. The Hall–Kier alpha value is -4.62. The molecule has 0 atom stereocenters. The van der Waals surface area contributed by atoms with Gasteiger partial charge in [0.05, 0.1) is 29.7 Å². The Kier molecular flexibility index (Phi) is 8.79. The molecule has 41 heavy (non-hydrogen) atoms. The van der Waals surface area contributed by atoms with Crippen LogP contribution < -0.4 is 23.8 Å². The molecule has 0 saturated carbocycles. The molecule has 10 nitrogen and oxygen atoms in total. The van der Waals surface area contributed by atoms with E-state index in [0.29, 0.717) is 11.4 Å². The number of carbonyl (C=O) groups is 1. The first-order valence-electron chi connectivity index (χ1n) is 12.0. The molecule has 13 heteroatoms. The van der Waals surface area contributed by atoms with Gasteiger partial charge < -0.3 is 14.8 Å². The van der Waals surface area contributed by atoms with Crippen LogP contribution in [0.5, 0.6) is 11.5 Å². The van der Waals surface area contributed by atoms with E-state index in [1.165, 1.54) is 68.8 Å². The average molecular weight is 600 g/mol. The lowest BCUT2D eigenvalue weighted by molar-refractivity contribution is -0.114. The van der Waals surface area contributed by atoms with E-state index in [9.17, 15) is 26.0 Å². The SMILES string of the molecule is COc1ccc(S(=O)(=O)N(CC(=O)Nc2ccc(S(=O)(=O)Nc3ccccc3)cc2)c2ccc(F)cc2)cc1OC. The fourth-order valence-electron chi connectivity index (χ4n) is 3.80. The summed E-state index contributed by atoms with van der Waals surface area (Å²) in [4.78, 5) is 12.8. The third-order valence-corrected chi connectivity index (χ3v) is 8.99. The summed E-state index contributed by atoms with van der Waals surface area (Å²) < 4.78 is 80.0. The summed E-state index contributed by atoms with van der Waals surface area (Å²) in [6.07, 6.45) is 0. The van der Waals surface area contributed by atoms with E-state index in [-0.39, 0.29) is 26.9 Å². The van der Waals surface area contributed by atoms with Crippen molar-refractivity contribution in [1.29, 1.82) is 0 Å². The zero-order chi connectivity index (χ0) is 29.6. The van der Waals surface area contributed by atoms with Gasteiger partial charge in [0.15, 0.2) is 11.5 Å². The second-order valence-corrected chi connectivity index (χ2v) is 12.1. The van der Waals surface area contributed by atoms with Crippen molar-refractivity contribution in [3.05, 3.63) is 103 Å². The topological polar surface area (TPSA) is 131 Å². The van der Waals surface area contributed by atoms with E-state index in [1.54, 1.807) is 30.3 Å². The number of ether oxygens (including phenoxy) is 2. The minimum atomic E-state index is -4.34. The number of nitrogens with zero attached hydrogens (tertiary/aromatic N) is 1. The van der Waals surface area contributed by atoms with Gasteiger partial charge in [-0.25, -0.2) is 21.2 Å². The molecule has 0 heterocycles. The predicted octanol–water partition coefficient (Wildman–Crippen LogP) is 4.48. The van der Waals surface area contributed by atoms with Crippen LogP contribution in [0.3, 0.4) is 0 Å². The summed E-state index contributed by atoms with van der Waals surface area (Å²) in [6, 6.07) is 22.3. The van der Waals surface area contributed by atoms with Crippen molar-refractivity contribution < 1.29 is 35.5 Å². The highest BCUT2D eigenvalue weighted by molar-refractivity contribution is 7.93. The number of sulfonamides is 2. The molecule has 214 valence electrons. The average Bonchev–Trinajstić information content (AvgIpc) is 2.96. The molecule has 1 amide bonds. The normalized spacial score (nSPS) is 11.4. The molecule has 0 aliphatic rings. The fraction of sp³-hybridized carbons (Fsp3) is 0.107. The molecule has 0 radical (unpaired) electrons. The molecule has 2 N–H and O–H groups in total. The fourth-order valence-corrected chi connectivity index (χ4v) is 6.29. The lowest BCUT2D eigenvalue weighted by Gasteiger charge is -2.24. The summed E-state index contributed by atoms with van der Waals surface area (Å²) in [6.45, 7) is -0.669. The number of methoxy groups -OCH3 is 2. The first-order chi connectivity index (χ1) is 19.5. The Bertz CT molecular complexity index is 1730. The number of halogens is 1. The third-order valence-electron chi connectivity index (χ3n) is 5.82. The summed E-state index contributed by atoms with van der Waals surface area (Å²) in [5.41, 5.74) is 0.669. The first-order valence-corrected chi connectivity index (χ1v) is 14.9. The predicted molar refractivity (Wildman–Crippen MR) is 153 cm³/mol. The zero-order valence-electron chi connectivity index (χ0n) is 21.9. The summed E-state index contributed by atoms with van der Waals surface area (Å²) in [7, 11) is -5.46. The lowest BCUT2D eigenvalue weighted by Crippen LogP contribution is -2.38. The van der Waals surface area contributed by atoms with E-state index in [1.807, 2.05) is 0 Å². The summed E-state index contributed by atoms with van der Waals surface area (Å²) in [5, 5.41) is 2.57. The molecule has 4 aromatic carbocycles. The highest BCUT2D eigenvalue weighted by Gasteiger charge is 2.28. The summed E-state index contributed by atoms with van der Waals surface area (Å²) in [5.74, 6) is -0.842. The molecule has 0 aromatic heterocycles. The van der Waals surface area contributed by atoms with Gasteiger partial charge in [-0.3, -0.25) is 13.8 Å². The number of benzene rings is 4. The van der Waals surface area contributed by atoms with E-state index in [0.717, 1.165) is 16.4 Å². The number of hydrogen-bond acceptors (Lipinski definition) is 7. The van der Waals surface area contributed by atoms with Gasteiger partial charge in [-0.1, -0.05) is 18.2 Å². The zero-order valence-corrected chi connectivity index (χ0v) is 23.6. The van der Waals surface area contributed by atoms with Gasteiger partial charge in [-0.15, -0.1) is 0 Å². The van der Waals surface area contributed by atoms with Crippen molar-refractivity contribution in [2.24, 2.45) is 0 Å². The molecule has 4 aromatic rings. The minimum Gasteiger partial charge on any atom is -0.493 e. The number of carbonyl (C=O) groups excluding carboxylic acids is 1. The van der Waals surface area contributed by atoms with Crippen molar-refractivity contribution in [2.75, 3.05) is 35.1 Å². The molecule has 0 spiro atoms. The van der Waals surface area contributed by atoms with Gasteiger partial charge in [0.1, 0.15) is 12.4 Å². The van der Waals surface area contributed by atoms with Crippen LogP contribution in [-0.4, -0.2) is 43.5 Å². The molecule has 0 bridgehead atoms. The van der Waals surface area contributed by atoms with Crippen molar-refractivity contribution in [1.82, 2.24) is 0 Å². The monoisotopic (exact) mass is 599 g/mol. The Morgan fingerprint density at radius 2 is 1.37 bits per heavy atom. The van der Waals surface area contributed by atoms with E-state index in [2.05, 4.69) is 10.0 Å². The van der Waals surface area contributed by atoms with Gasteiger partial charge in [0, 0.05) is 17.4 Å². The molecular formula is C28H26FN3O7S2. The van der Waals surface area contributed by atoms with Crippen molar-refractivity contribution in [3.63, 3.8) is 0 Å². The van der Waals surface area contributed by atoms with E-state index < -0.39 is 38.3 Å². The second-order valence-electron chi connectivity index (χ2n) is 8.55. The van der Waals surface area contributed by atoms with E-state index in [4.69, 9.17) is 9.47 Å². The number of para-hydroxylation sites is 1. The second kappa shape index (κ2) is 12.3. The number of rotatable bonds is 11. The Morgan fingerprint density at radius 3 is 1.98 bits per heavy atom. The molecular weight excluding hydrogens is 573 g/mol. The Labute approximate surface area is 237 Å². The maximum Gasteiger partial charge on any atom is 0.264 e. The standard InChI is InChI=1S/C28H26FN3O7S2/c1-38-26-17-16-25(18-27(26)39-2)41(36,37)32(23-12-8-20(29)9-13-23)19-28(33)30-21-10-14-24(15-11-21)40(34,35)31-22-6-4-3-5-7-22/h3-18,31H,19H2,1-2H3,(H,30,33). The smallest absolute Gasteiger partial charge is 0.264 e. The number of nitrogens with one attached hydrogen (secondary N) is 2. The number of hydrogen-bond donors (Lipinski definition) is 2. The molecule has 0 aliphatic heterocycles. The van der Waals surface area contributed by atoms with Gasteiger partial charge >= 0.3 is 0 Å². The highest BCUT2D eigenvalue weighted by Crippen LogP contribution is 2.32. The van der Waals surface area contributed by atoms with Crippen LogP contribution >= 0.6 is 0 Å². The lowest BCUT2D eigenvalue weighted by atomic mass is 10.3. The Morgan fingerprint density at radius 1 is 0.756 bits per heavy atom. The van der Waals surface area contributed by atoms with Crippen molar-refractivity contribution in [3.8, 4) is 11.5 Å². The largest absolute Gasteiger partial charge is 0.493 e. The van der Waals surface area contributed by atoms with Crippen LogP contribution in [0.4, 0.5) is 21.5 Å². The van der Waals surface area contributed by atoms with Gasteiger partial charge in [-0.2, -0.15) is 0 Å². The molecule has 4 rings (SSSR count). The number of anilines is 3. The van der Waals surface area contributed by atoms with Crippen LogP contribution in [0.2, 0.25) is 0 Å². The van der Waals surface area contributed by atoms with Crippen LogP contribution in [0.1, 0.15) is 0 Å². The number of amides is 1. The maximum absolute atomic E-state index is 13.7.